The van der Waals surface area contributed by atoms with Gasteiger partial charge in [-0.25, -0.2) is 9.97 Å². The van der Waals surface area contributed by atoms with Crippen LogP contribution in [-0.2, 0) is 0 Å². The number of nitrogens with zero attached hydrogens (tertiary/aromatic N) is 4. The summed E-state index contributed by atoms with van der Waals surface area (Å²) >= 11 is 1.72. The van der Waals surface area contributed by atoms with E-state index in [2.05, 4.69) is 32.1 Å². The highest BCUT2D eigenvalue weighted by molar-refractivity contribution is 7.18. The summed E-state index contributed by atoms with van der Waals surface area (Å²) in [5.41, 5.74) is 3.29. The zero-order valence-electron chi connectivity index (χ0n) is 13.7. The van der Waals surface area contributed by atoms with Gasteiger partial charge in [-0.3, -0.25) is 4.79 Å². The van der Waals surface area contributed by atoms with Crippen molar-refractivity contribution in [1.29, 1.82) is 0 Å². The van der Waals surface area contributed by atoms with Crippen molar-refractivity contribution in [3.8, 4) is 0 Å². The normalized spacial score (nSPS) is 15.2. The van der Waals surface area contributed by atoms with E-state index in [-0.39, 0.29) is 5.56 Å². The Balaban J connectivity index is 1.58. The van der Waals surface area contributed by atoms with Gasteiger partial charge in [-0.1, -0.05) is 0 Å². The van der Waals surface area contributed by atoms with Gasteiger partial charge in [0.15, 0.2) is 0 Å². The predicted octanol–water partition coefficient (Wildman–Crippen LogP) is 2.32. The van der Waals surface area contributed by atoms with Gasteiger partial charge in [0.05, 0.1) is 15.9 Å². The molecule has 1 saturated heterocycles. The van der Waals surface area contributed by atoms with Crippen molar-refractivity contribution in [1.82, 2.24) is 15.0 Å². The predicted molar refractivity (Wildman–Crippen MR) is 98.4 cm³/mol. The van der Waals surface area contributed by atoms with Crippen LogP contribution in [0.4, 0.5) is 11.5 Å². The third kappa shape index (κ3) is 2.65. The van der Waals surface area contributed by atoms with Crippen LogP contribution in [0.25, 0.3) is 10.2 Å². The summed E-state index contributed by atoms with van der Waals surface area (Å²) in [6.07, 6.45) is 1.79. The first-order chi connectivity index (χ1) is 11.6. The minimum Gasteiger partial charge on any atom is -0.367 e. The minimum absolute atomic E-state index is 0.0655. The summed E-state index contributed by atoms with van der Waals surface area (Å²) in [6.45, 7) is 7.67. The molecular formula is C17H19N5OS. The first kappa shape index (κ1) is 15.1. The molecule has 0 bridgehead atoms. The summed E-state index contributed by atoms with van der Waals surface area (Å²) in [5.74, 6) is 1.87. The molecule has 7 heteroatoms. The number of hydrogen-bond donors (Lipinski definition) is 1. The molecule has 0 unspecified atom stereocenters. The lowest BCUT2D eigenvalue weighted by Crippen LogP contribution is -2.47. The number of H-pyrrole nitrogens is 1. The Kier molecular flexibility index (Phi) is 3.72. The van der Waals surface area contributed by atoms with Gasteiger partial charge in [0, 0.05) is 38.4 Å². The van der Waals surface area contributed by atoms with Crippen molar-refractivity contribution in [2.75, 3.05) is 36.0 Å². The highest BCUT2D eigenvalue weighted by atomic mass is 32.1. The van der Waals surface area contributed by atoms with Crippen LogP contribution in [0.3, 0.4) is 0 Å². The number of hydrogen-bond acceptors (Lipinski definition) is 6. The maximum atomic E-state index is 11.2. The summed E-state index contributed by atoms with van der Waals surface area (Å²) in [5, 5.41) is 2.15. The number of thiophene rings is 1. The first-order valence-electron chi connectivity index (χ1n) is 8.03. The molecule has 1 aliphatic heterocycles. The highest BCUT2D eigenvalue weighted by Gasteiger charge is 2.22. The maximum Gasteiger partial charge on any atom is 0.248 e. The van der Waals surface area contributed by atoms with Gasteiger partial charge in [0.2, 0.25) is 5.56 Å². The van der Waals surface area contributed by atoms with Crippen molar-refractivity contribution in [2.45, 2.75) is 13.8 Å². The molecule has 1 fully saturated rings. The molecule has 1 aliphatic rings. The lowest BCUT2D eigenvalue weighted by atomic mass is 10.2. The SMILES string of the molecule is Cc1nc(N2CCN(c3ccc(=O)[nH]c3)CC2)c2scc(C)c2n1. The molecule has 0 aliphatic carbocycles. The van der Waals surface area contributed by atoms with E-state index < -0.39 is 0 Å². The number of pyridine rings is 1. The number of anilines is 2. The lowest BCUT2D eigenvalue weighted by molar-refractivity contribution is 0.647. The minimum atomic E-state index is -0.0655. The van der Waals surface area contributed by atoms with Gasteiger partial charge in [-0.05, 0) is 30.9 Å². The Morgan fingerprint density at radius 2 is 1.83 bits per heavy atom. The van der Waals surface area contributed by atoms with E-state index in [4.69, 9.17) is 4.98 Å². The Labute approximate surface area is 143 Å². The second-order valence-electron chi connectivity index (χ2n) is 6.08. The molecule has 0 radical (unpaired) electrons. The number of nitrogens with one attached hydrogen (secondary N) is 1. The van der Waals surface area contributed by atoms with E-state index in [0.717, 1.165) is 49.0 Å². The van der Waals surface area contributed by atoms with Crippen LogP contribution in [0.5, 0.6) is 0 Å². The third-order valence-electron chi connectivity index (χ3n) is 4.40. The number of aromatic amines is 1. The summed E-state index contributed by atoms with van der Waals surface area (Å²) in [4.78, 5) is 27.9. The van der Waals surface area contributed by atoms with Crippen molar-refractivity contribution < 1.29 is 0 Å². The standard InChI is InChI=1S/C17H19N5OS/c1-11-10-24-16-15(11)19-12(2)20-17(16)22-7-5-21(6-8-22)13-3-4-14(23)18-9-13/h3-4,9-10H,5-8H2,1-2H3,(H,18,23). The molecule has 0 saturated carbocycles. The molecule has 0 aromatic carbocycles. The molecule has 1 N–H and O–H groups in total. The summed E-state index contributed by atoms with van der Waals surface area (Å²) < 4.78 is 1.18. The third-order valence-corrected chi connectivity index (χ3v) is 5.48. The fourth-order valence-corrected chi connectivity index (χ4v) is 4.12. The lowest BCUT2D eigenvalue weighted by Gasteiger charge is -2.36. The van der Waals surface area contributed by atoms with Crippen LogP contribution in [0.1, 0.15) is 11.4 Å². The van der Waals surface area contributed by atoms with E-state index in [0.29, 0.717) is 0 Å². The van der Waals surface area contributed by atoms with Crippen LogP contribution >= 0.6 is 11.3 Å². The number of rotatable bonds is 2. The smallest absolute Gasteiger partial charge is 0.248 e. The molecule has 0 amide bonds. The van der Waals surface area contributed by atoms with Crippen molar-refractivity contribution in [2.24, 2.45) is 0 Å². The van der Waals surface area contributed by atoms with Gasteiger partial charge in [0.1, 0.15) is 11.6 Å². The molecule has 6 nitrogen and oxygen atoms in total. The second-order valence-corrected chi connectivity index (χ2v) is 6.96. The van der Waals surface area contributed by atoms with Crippen molar-refractivity contribution in [3.05, 3.63) is 45.5 Å². The fraction of sp³-hybridized carbons (Fsp3) is 0.353. The van der Waals surface area contributed by atoms with E-state index in [1.54, 1.807) is 23.6 Å². The molecule has 124 valence electrons. The van der Waals surface area contributed by atoms with Gasteiger partial charge in [-0.15, -0.1) is 11.3 Å². The zero-order valence-corrected chi connectivity index (χ0v) is 14.6. The first-order valence-corrected chi connectivity index (χ1v) is 8.91. The molecule has 0 spiro atoms. The maximum absolute atomic E-state index is 11.2. The van der Waals surface area contributed by atoms with Crippen molar-refractivity contribution >= 4 is 33.1 Å². The van der Waals surface area contributed by atoms with E-state index in [1.165, 1.54) is 10.3 Å². The number of aromatic nitrogens is 3. The molecule has 4 rings (SSSR count). The molecule has 0 atom stereocenters. The largest absolute Gasteiger partial charge is 0.367 e. The van der Waals surface area contributed by atoms with Crippen LogP contribution in [-0.4, -0.2) is 41.1 Å². The van der Waals surface area contributed by atoms with Gasteiger partial charge in [-0.2, -0.15) is 0 Å². The number of piperazine rings is 1. The fourth-order valence-electron chi connectivity index (χ4n) is 3.12. The van der Waals surface area contributed by atoms with Gasteiger partial charge in [0.25, 0.3) is 0 Å². The Hall–Kier alpha value is -2.41. The van der Waals surface area contributed by atoms with Gasteiger partial charge >= 0.3 is 0 Å². The Bertz CT molecular complexity index is 919. The molecule has 3 aromatic rings. The number of aryl methyl sites for hydroxylation is 2. The zero-order chi connectivity index (χ0) is 16.7. The quantitative estimate of drug-likeness (QED) is 0.775. The Morgan fingerprint density at radius 1 is 1.08 bits per heavy atom. The summed E-state index contributed by atoms with van der Waals surface area (Å²) in [7, 11) is 0. The van der Waals surface area contributed by atoms with E-state index >= 15 is 0 Å². The van der Waals surface area contributed by atoms with E-state index in [1.807, 2.05) is 13.0 Å². The van der Waals surface area contributed by atoms with Crippen LogP contribution in [0, 0.1) is 13.8 Å². The van der Waals surface area contributed by atoms with Gasteiger partial charge < -0.3 is 14.8 Å². The summed E-state index contributed by atoms with van der Waals surface area (Å²) in [6, 6.07) is 3.46. The van der Waals surface area contributed by atoms with Crippen LogP contribution in [0.2, 0.25) is 0 Å². The topological polar surface area (TPSA) is 65.1 Å². The molecule has 3 aromatic heterocycles. The average molecular weight is 341 g/mol. The second kappa shape index (κ2) is 5.90. The highest BCUT2D eigenvalue weighted by Crippen LogP contribution is 2.32. The number of fused-ring (bicyclic) bond motifs is 1. The van der Waals surface area contributed by atoms with Crippen LogP contribution in [0.15, 0.2) is 28.5 Å². The Morgan fingerprint density at radius 3 is 2.54 bits per heavy atom. The van der Waals surface area contributed by atoms with Crippen LogP contribution < -0.4 is 15.4 Å². The molecular weight excluding hydrogens is 322 g/mol. The average Bonchev–Trinajstić information content (AvgIpc) is 2.96. The van der Waals surface area contributed by atoms with E-state index in [9.17, 15) is 4.79 Å². The molecule has 24 heavy (non-hydrogen) atoms. The molecule has 4 heterocycles. The van der Waals surface area contributed by atoms with Crippen molar-refractivity contribution in [3.63, 3.8) is 0 Å². The monoisotopic (exact) mass is 341 g/mol.